The second-order valence-corrected chi connectivity index (χ2v) is 8.55. The van der Waals surface area contributed by atoms with E-state index in [1.165, 1.54) is 12.3 Å². The number of aromatic nitrogens is 3. The van der Waals surface area contributed by atoms with Crippen LogP contribution in [0.15, 0.2) is 67.3 Å². The Morgan fingerprint density at radius 2 is 1.93 bits per heavy atom. The molecule has 0 amide bonds. The summed E-state index contributed by atoms with van der Waals surface area (Å²) in [5, 5.41) is 9.23. The molecule has 8 nitrogen and oxygen atoms in total. The summed E-state index contributed by atoms with van der Waals surface area (Å²) in [6, 6.07) is 11.8. The third-order valence-electron chi connectivity index (χ3n) is 3.74. The molecule has 0 aliphatic rings. The first kappa shape index (κ1) is 17.6. The van der Waals surface area contributed by atoms with Crippen LogP contribution in [-0.4, -0.2) is 23.7 Å². The summed E-state index contributed by atoms with van der Waals surface area (Å²) in [5.41, 5.74) is 1.44. The van der Waals surface area contributed by atoms with Crippen molar-refractivity contribution in [1.29, 1.82) is 0 Å². The maximum Gasteiger partial charge on any atom is 0.250 e. The molecule has 0 unspecified atom stereocenters. The van der Waals surface area contributed by atoms with Gasteiger partial charge in [-0.05, 0) is 13.0 Å². The molecule has 4 rings (SSSR count). The minimum absolute atomic E-state index is 0.156. The normalized spacial score (nSPS) is 12.9. The average molecular weight is 402 g/mol. The average Bonchev–Trinajstić information content (AvgIpc) is 3.42. The molecule has 0 aliphatic heterocycles. The zero-order valence-electron chi connectivity index (χ0n) is 14.1. The van der Waals surface area contributed by atoms with E-state index in [1.807, 2.05) is 30.3 Å². The van der Waals surface area contributed by atoms with Crippen molar-refractivity contribution in [3.8, 4) is 22.7 Å². The molecule has 3 heterocycles. The number of hydrogen-bond donors (Lipinski definition) is 1. The molecule has 1 N–H and O–H groups in total. The summed E-state index contributed by atoms with van der Waals surface area (Å²) in [7, 11) is -3.75. The number of nitrogens with one attached hydrogen (secondary N) is 1. The Balaban J connectivity index is 1.52. The monoisotopic (exact) mass is 402 g/mol. The SMILES string of the molecule is C[C@@H](NS(=O)(=O)c1cc(-c2ccno2)cs1)c1nc(-c2ccccc2)no1. The van der Waals surface area contributed by atoms with Gasteiger partial charge in [-0.1, -0.05) is 40.6 Å². The van der Waals surface area contributed by atoms with E-state index >= 15 is 0 Å². The highest BCUT2D eigenvalue weighted by Crippen LogP contribution is 2.29. The van der Waals surface area contributed by atoms with Gasteiger partial charge in [0.1, 0.15) is 4.21 Å². The third kappa shape index (κ3) is 3.68. The van der Waals surface area contributed by atoms with Crippen LogP contribution < -0.4 is 4.72 Å². The first-order valence-corrected chi connectivity index (χ1v) is 10.3. The molecule has 27 heavy (non-hydrogen) atoms. The Kier molecular flexibility index (Phi) is 4.60. The lowest BCUT2D eigenvalue weighted by Gasteiger charge is -2.08. The van der Waals surface area contributed by atoms with Crippen molar-refractivity contribution in [2.45, 2.75) is 17.2 Å². The van der Waals surface area contributed by atoms with Crippen molar-refractivity contribution >= 4 is 21.4 Å². The first-order valence-electron chi connectivity index (χ1n) is 7.94. The largest absolute Gasteiger partial charge is 0.356 e. The van der Waals surface area contributed by atoms with Crippen LogP contribution in [-0.2, 0) is 10.0 Å². The molecule has 0 fully saturated rings. The van der Waals surface area contributed by atoms with E-state index in [2.05, 4.69) is 20.0 Å². The quantitative estimate of drug-likeness (QED) is 0.525. The Morgan fingerprint density at radius 3 is 2.67 bits per heavy atom. The van der Waals surface area contributed by atoms with Crippen LogP contribution in [0.1, 0.15) is 18.9 Å². The summed E-state index contributed by atoms with van der Waals surface area (Å²) in [4.78, 5) is 4.28. The predicted molar refractivity (Wildman–Crippen MR) is 98.3 cm³/mol. The van der Waals surface area contributed by atoms with Gasteiger partial charge in [-0.2, -0.15) is 9.71 Å². The minimum Gasteiger partial charge on any atom is -0.356 e. The van der Waals surface area contributed by atoms with Gasteiger partial charge in [0.05, 0.1) is 12.2 Å². The molecule has 10 heteroatoms. The van der Waals surface area contributed by atoms with Gasteiger partial charge in [-0.3, -0.25) is 0 Å². The fraction of sp³-hybridized carbons (Fsp3) is 0.118. The van der Waals surface area contributed by atoms with Crippen molar-refractivity contribution in [2.24, 2.45) is 0 Å². The van der Waals surface area contributed by atoms with E-state index in [9.17, 15) is 8.42 Å². The van der Waals surface area contributed by atoms with Gasteiger partial charge in [-0.25, -0.2) is 8.42 Å². The minimum atomic E-state index is -3.75. The highest BCUT2D eigenvalue weighted by molar-refractivity contribution is 7.91. The molecule has 1 aromatic carbocycles. The van der Waals surface area contributed by atoms with Crippen molar-refractivity contribution in [1.82, 2.24) is 20.0 Å². The Morgan fingerprint density at radius 1 is 1.11 bits per heavy atom. The third-order valence-corrected chi connectivity index (χ3v) is 6.72. The highest BCUT2D eigenvalue weighted by atomic mass is 32.2. The molecule has 3 aromatic heterocycles. The number of thiophene rings is 1. The lowest BCUT2D eigenvalue weighted by molar-refractivity contribution is 0.354. The van der Waals surface area contributed by atoms with E-state index in [1.54, 1.807) is 18.4 Å². The molecule has 0 bridgehead atoms. The van der Waals surface area contributed by atoms with E-state index in [0.717, 1.165) is 16.9 Å². The standard InChI is InChI=1S/C17H14N4O4S2/c1-11(17-19-16(20-25-17)12-5-3-2-4-6-12)21-27(22,23)15-9-13(10-26-15)14-7-8-18-24-14/h2-11,21H,1H3/t11-/m1/s1. The van der Waals surface area contributed by atoms with Gasteiger partial charge >= 0.3 is 0 Å². The summed E-state index contributed by atoms with van der Waals surface area (Å²) < 4.78 is 38.3. The van der Waals surface area contributed by atoms with Crippen LogP contribution in [0, 0.1) is 0 Å². The maximum absolute atomic E-state index is 12.6. The number of rotatable bonds is 6. The number of sulfonamides is 1. The number of hydrogen-bond acceptors (Lipinski definition) is 8. The summed E-state index contributed by atoms with van der Waals surface area (Å²) in [6.07, 6.45) is 1.50. The molecule has 4 aromatic rings. The smallest absolute Gasteiger partial charge is 0.250 e. The van der Waals surface area contributed by atoms with E-state index < -0.39 is 16.1 Å². The summed E-state index contributed by atoms with van der Waals surface area (Å²) in [5.74, 6) is 1.09. The maximum atomic E-state index is 12.6. The van der Waals surface area contributed by atoms with E-state index in [0.29, 0.717) is 17.1 Å². The molecular weight excluding hydrogens is 388 g/mol. The first-order chi connectivity index (χ1) is 13.0. The molecule has 138 valence electrons. The van der Waals surface area contributed by atoms with Crippen LogP contribution in [0.25, 0.3) is 22.7 Å². The molecule has 0 spiro atoms. The topological polar surface area (TPSA) is 111 Å². The molecule has 0 radical (unpaired) electrons. The summed E-state index contributed by atoms with van der Waals surface area (Å²) >= 11 is 1.09. The van der Waals surface area contributed by atoms with Crippen molar-refractivity contribution in [3.05, 3.63) is 59.9 Å². The lowest BCUT2D eigenvalue weighted by atomic mass is 10.2. The second kappa shape index (κ2) is 7.06. The Hall–Kier alpha value is -2.82. The van der Waals surface area contributed by atoms with Crippen LogP contribution in [0.5, 0.6) is 0 Å². The van der Waals surface area contributed by atoms with Gasteiger partial charge in [0.25, 0.3) is 10.0 Å². The van der Waals surface area contributed by atoms with Crippen LogP contribution in [0.4, 0.5) is 0 Å². The Bertz CT molecular complexity index is 1130. The van der Waals surface area contributed by atoms with Gasteiger partial charge in [0, 0.05) is 22.6 Å². The van der Waals surface area contributed by atoms with Gasteiger partial charge in [-0.15, -0.1) is 11.3 Å². The summed E-state index contributed by atoms with van der Waals surface area (Å²) in [6.45, 7) is 1.64. The number of nitrogens with zero attached hydrogens (tertiary/aromatic N) is 3. The lowest BCUT2D eigenvalue weighted by Crippen LogP contribution is -2.26. The number of benzene rings is 1. The van der Waals surface area contributed by atoms with Crippen molar-refractivity contribution < 1.29 is 17.5 Å². The zero-order valence-corrected chi connectivity index (χ0v) is 15.7. The van der Waals surface area contributed by atoms with Gasteiger partial charge < -0.3 is 9.05 Å². The molecule has 0 saturated heterocycles. The molecule has 1 atom stereocenters. The van der Waals surface area contributed by atoms with Crippen LogP contribution in [0.3, 0.4) is 0 Å². The molecule has 0 aliphatic carbocycles. The van der Waals surface area contributed by atoms with Gasteiger partial charge in [0.2, 0.25) is 11.7 Å². The van der Waals surface area contributed by atoms with Crippen molar-refractivity contribution in [3.63, 3.8) is 0 Å². The zero-order chi connectivity index (χ0) is 18.9. The van der Waals surface area contributed by atoms with E-state index in [4.69, 9.17) is 9.05 Å². The van der Waals surface area contributed by atoms with Crippen LogP contribution in [0.2, 0.25) is 0 Å². The Labute approximate surface area is 158 Å². The van der Waals surface area contributed by atoms with Crippen molar-refractivity contribution in [2.75, 3.05) is 0 Å². The second-order valence-electron chi connectivity index (χ2n) is 5.70. The highest BCUT2D eigenvalue weighted by Gasteiger charge is 2.24. The predicted octanol–water partition coefficient (Wildman–Crippen LogP) is 3.49. The van der Waals surface area contributed by atoms with Crippen LogP contribution >= 0.6 is 11.3 Å². The van der Waals surface area contributed by atoms with Gasteiger partial charge in [0.15, 0.2) is 5.76 Å². The fourth-order valence-electron chi connectivity index (χ4n) is 2.41. The molecule has 0 saturated carbocycles. The fourth-order valence-corrected chi connectivity index (χ4v) is 4.79. The molecular formula is C17H14N4O4S2. The van der Waals surface area contributed by atoms with E-state index in [-0.39, 0.29) is 10.1 Å².